The molecular formula is C13H11BrN2O. The Labute approximate surface area is 109 Å². The lowest BCUT2D eigenvalue weighted by Crippen LogP contribution is -2.33. The first-order valence-electron chi connectivity index (χ1n) is 5.00. The van der Waals surface area contributed by atoms with Crippen LogP contribution in [0, 0.1) is 23.7 Å². The van der Waals surface area contributed by atoms with E-state index < -0.39 is 0 Å². The van der Waals surface area contributed by atoms with Crippen molar-refractivity contribution in [1.82, 2.24) is 4.90 Å². The lowest BCUT2D eigenvalue weighted by Gasteiger charge is -2.16. The van der Waals surface area contributed by atoms with Gasteiger partial charge in [-0.1, -0.05) is 34.0 Å². The Bertz CT molecular complexity index is 469. The number of hydrogen-bond acceptors (Lipinski definition) is 2. The highest BCUT2D eigenvalue weighted by atomic mass is 79.9. The summed E-state index contributed by atoms with van der Waals surface area (Å²) in [6.45, 7) is 0.192. The van der Waals surface area contributed by atoms with Crippen molar-refractivity contribution in [3.63, 3.8) is 0 Å². The second kappa shape index (κ2) is 6.73. The second-order valence-corrected chi connectivity index (χ2v) is 4.33. The van der Waals surface area contributed by atoms with Crippen LogP contribution in [0.4, 0.5) is 0 Å². The lowest BCUT2D eigenvalue weighted by atomic mass is 10.1. The molecule has 0 spiro atoms. The predicted molar refractivity (Wildman–Crippen MR) is 68.9 cm³/mol. The molecule has 0 heterocycles. The van der Waals surface area contributed by atoms with Crippen molar-refractivity contribution in [3.05, 3.63) is 34.3 Å². The fourth-order valence-corrected chi connectivity index (χ4v) is 1.81. The van der Waals surface area contributed by atoms with Crippen molar-refractivity contribution < 1.29 is 4.79 Å². The molecule has 4 heteroatoms. The van der Waals surface area contributed by atoms with Crippen LogP contribution in [0.15, 0.2) is 28.7 Å². The highest BCUT2D eigenvalue weighted by Gasteiger charge is 2.12. The Morgan fingerprint density at radius 3 is 2.82 bits per heavy atom. The number of rotatable bonds is 4. The monoisotopic (exact) mass is 290 g/mol. The molecule has 0 unspecified atom stereocenters. The van der Waals surface area contributed by atoms with E-state index in [2.05, 4.69) is 21.9 Å². The molecule has 0 saturated heterocycles. The minimum atomic E-state index is -0.136. The van der Waals surface area contributed by atoms with Crippen molar-refractivity contribution in [1.29, 1.82) is 5.26 Å². The molecule has 0 aliphatic carbocycles. The van der Waals surface area contributed by atoms with Crippen LogP contribution in [-0.4, -0.2) is 23.9 Å². The average molecular weight is 291 g/mol. The third kappa shape index (κ3) is 4.30. The number of amides is 1. The third-order valence-corrected chi connectivity index (χ3v) is 2.63. The quantitative estimate of drug-likeness (QED) is 0.629. The van der Waals surface area contributed by atoms with Crippen molar-refractivity contribution in [3.8, 4) is 18.4 Å². The highest BCUT2D eigenvalue weighted by molar-refractivity contribution is 9.10. The van der Waals surface area contributed by atoms with Gasteiger partial charge in [0.1, 0.15) is 6.54 Å². The molecule has 0 N–H and O–H groups in total. The maximum Gasteiger partial charge on any atom is 0.228 e. The number of benzene rings is 1. The molecule has 0 aromatic heterocycles. The number of carbonyl (C=O) groups is 1. The molecule has 0 aliphatic heterocycles. The summed E-state index contributed by atoms with van der Waals surface area (Å²) in [6.07, 6.45) is 5.41. The van der Waals surface area contributed by atoms with Gasteiger partial charge < -0.3 is 4.90 Å². The van der Waals surface area contributed by atoms with Gasteiger partial charge in [0.2, 0.25) is 5.91 Å². The number of nitrogens with zero attached hydrogens (tertiary/aromatic N) is 2. The van der Waals surface area contributed by atoms with Gasteiger partial charge in [-0.3, -0.25) is 4.79 Å². The topological polar surface area (TPSA) is 44.1 Å². The SMILES string of the molecule is C#CCN(CC#N)C(=O)Cc1cccc(Br)c1. The summed E-state index contributed by atoms with van der Waals surface area (Å²) >= 11 is 3.34. The number of terminal acetylenes is 1. The average Bonchev–Trinajstić information content (AvgIpc) is 2.28. The zero-order valence-electron chi connectivity index (χ0n) is 9.19. The molecule has 0 saturated carbocycles. The van der Waals surface area contributed by atoms with E-state index in [-0.39, 0.29) is 25.4 Å². The Hall–Kier alpha value is -1.78. The van der Waals surface area contributed by atoms with Crippen LogP contribution in [0.1, 0.15) is 5.56 Å². The first-order chi connectivity index (χ1) is 8.17. The van der Waals surface area contributed by atoms with Gasteiger partial charge >= 0.3 is 0 Å². The number of carbonyl (C=O) groups excluding carboxylic acids is 1. The number of hydrogen-bond donors (Lipinski definition) is 0. The van der Waals surface area contributed by atoms with Crippen LogP contribution >= 0.6 is 15.9 Å². The molecule has 0 fully saturated rings. The normalized spacial score (nSPS) is 9.12. The van der Waals surface area contributed by atoms with Gasteiger partial charge in [-0.2, -0.15) is 5.26 Å². The third-order valence-electron chi connectivity index (χ3n) is 2.14. The number of nitriles is 1. The van der Waals surface area contributed by atoms with Gasteiger partial charge in [-0.15, -0.1) is 6.42 Å². The molecule has 0 radical (unpaired) electrons. The van der Waals surface area contributed by atoms with Gasteiger partial charge in [0.05, 0.1) is 19.0 Å². The summed E-state index contributed by atoms with van der Waals surface area (Å²) in [6, 6.07) is 9.42. The Morgan fingerprint density at radius 1 is 1.47 bits per heavy atom. The van der Waals surface area contributed by atoms with E-state index in [4.69, 9.17) is 11.7 Å². The Balaban J connectivity index is 2.71. The van der Waals surface area contributed by atoms with Gasteiger partial charge in [0, 0.05) is 4.47 Å². The predicted octanol–water partition coefficient (Wildman–Crippen LogP) is 1.98. The largest absolute Gasteiger partial charge is 0.318 e. The molecule has 0 aliphatic rings. The molecule has 1 rings (SSSR count). The first-order valence-corrected chi connectivity index (χ1v) is 5.79. The molecule has 3 nitrogen and oxygen atoms in total. The molecule has 1 aromatic carbocycles. The van der Waals surface area contributed by atoms with Crippen LogP contribution in [-0.2, 0) is 11.2 Å². The van der Waals surface area contributed by atoms with Crippen molar-refractivity contribution >= 4 is 21.8 Å². The van der Waals surface area contributed by atoms with E-state index in [1.54, 1.807) is 0 Å². The van der Waals surface area contributed by atoms with Crippen LogP contribution in [0.3, 0.4) is 0 Å². The standard InChI is InChI=1S/C13H11BrN2O/c1-2-7-16(8-6-15)13(17)10-11-4-3-5-12(14)9-11/h1,3-5,9H,7-8,10H2. The van der Waals surface area contributed by atoms with Crippen LogP contribution in [0.2, 0.25) is 0 Å². The van der Waals surface area contributed by atoms with Crippen LogP contribution < -0.4 is 0 Å². The molecule has 1 amide bonds. The van der Waals surface area contributed by atoms with Gasteiger partial charge in [0.25, 0.3) is 0 Å². The van der Waals surface area contributed by atoms with Crippen molar-refractivity contribution in [2.75, 3.05) is 13.1 Å². The van der Waals surface area contributed by atoms with E-state index >= 15 is 0 Å². The Morgan fingerprint density at radius 2 is 2.24 bits per heavy atom. The zero-order valence-corrected chi connectivity index (χ0v) is 10.8. The van der Waals surface area contributed by atoms with Gasteiger partial charge in [-0.25, -0.2) is 0 Å². The maximum atomic E-state index is 11.9. The fourth-order valence-electron chi connectivity index (χ4n) is 1.36. The summed E-state index contributed by atoms with van der Waals surface area (Å²) in [5, 5.41) is 8.60. The Kier molecular flexibility index (Phi) is 5.26. The molecule has 86 valence electrons. The van der Waals surface area contributed by atoms with E-state index in [9.17, 15) is 4.79 Å². The molecule has 1 aromatic rings. The fraction of sp³-hybridized carbons (Fsp3) is 0.231. The van der Waals surface area contributed by atoms with E-state index in [0.717, 1.165) is 10.0 Å². The summed E-state index contributed by atoms with van der Waals surface area (Å²) in [5.41, 5.74) is 0.893. The number of halogens is 1. The summed E-state index contributed by atoms with van der Waals surface area (Å²) in [4.78, 5) is 13.2. The molecule has 0 atom stereocenters. The van der Waals surface area contributed by atoms with E-state index in [1.165, 1.54) is 4.90 Å². The minimum Gasteiger partial charge on any atom is -0.318 e. The summed E-state index contributed by atoms with van der Waals surface area (Å²) in [5.74, 6) is 2.24. The van der Waals surface area contributed by atoms with Crippen molar-refractivity contribution in [2.45, 2.75) is 6.42 Å². The van der Waals surface area contributed by atoms with E-state index in [1.807, 2.05) is 30.3 Å². The van der Waals surface area contributed by atoms with Gasteiger partial charge in [0.15, 0.2) is 0 Å². The summed E-state index contributed by atoms with van der Waals surface area (Å²) < 4.78 is 0.923. The smallest absolute Gasteiger partial charge is 0.228 e. The highest BCUT2D eigenvalue weighted by Crippen LogP contribution is 2.12. The van der Waals surface area contributed by atoms with Crippen molar-refractivity contribution in [2.24, 2.45) is 0 Å². The summed E-state index contributed by atoms with van der Waals surface area (Å²) in [7, 11) is 0. The van der Waals surface area contributed by atoms with E-state index in [0.29, 0.717) is 0 Å². The van der Waals surface area contributed by atoms with Crippen LogP contribution in [0.5, 0.6) is 0 Å². The molecule has 17 heavy (non-hydrogen) atoms. The lowest BCUT2D eigenvalue weighted by molar-refractivity contribution is -0.129. The first kappa shape index (κ1) is 13.3. The zero-order chi connectivity index (χ0) is 12.7. The molecule has 0 bridgehead atoms. The minimum absolute atomic E-state index is 0.0248. The second-order valence-electron chi connectivity index (χ2n) is 3.42. The van der Waals surface area contributed by atoms with Gasteiger partial charge in [-0.05, 0) is 17.7 Å². The molecular weight excluding hydrogens is 280 g/mol. The van der Waals surface area contributed by atoms with Crippen LogP contribution in [0.25, 0.3) is 0 Å². The maximum absolute atomic E-state index is 11.9.